The molecule has 0 atom stereocenters. The van der Waals surface area contributed by atoms with Crippen LogP contribution >= 0.6 is 0 Å². The zero-order valence-electron chi connectivity index (χ0n) is 9.26. The molecule has 90 valence electrons. The largest absolute Gasteiger partial charge is 0.279 e. The van der Waals surface area contributed by atoms with E-state index in [1.165, 1.54) is 4.31 Å². The van der Waals surface area contributed by atoms with Gasteiger partial charge in [-0.1, -0.05) is 0 Å². The Morgan fingerprint density at radius 1 is 1.44 bits per heavy atom. The summed E-state index contributed by atoms with van der Waals surface area (Å²) < 4.78 is 29.3. The van der Waals surface area contributed by atoms with Crippen molar-refractivity contribution < 1.29 is 8.42 Å². The van der Waals surface area contributed by atoms with Crippen LogP contribution in [0.2, 0.25) is 0 Å². The molecule has 0 radical (unpaired) electrons. The minimum absolute atomic E-state index is 0.298. The van der Waals surface area contributed by atoms with E-state index in [1.54, 1.807) is 24.1 Å². The van der Waals surface area contributed by atoms with Crippen LogP contribution in [0.1, 0.15) is 18.4 Å². The summed E-state index contributed by atoms with van der Waals surface area (Å²) in [5.41, 5.74) is 0.866. The van der Waals surface area contributed by atoms with Gasteiger partial charge < -0.3 is 0 Å². The average Bonchev–Trinajstić information content (AvgIpc) is 2.85. The molecule has 0 saturated carbocycles. The molecule has 0 amide bonds. The van der Waals surface area contributed by atoms with Crippen LogP contribution in [0.3, 0.4) is 0 Å². The van der Waals surface area contributed by atoms with Gasteiger partial charge in [0, 0.05) is 38.4 Å². The van der Waals surface area contributed by atoms with Gasteiger partial charge in [-0.25, -0.2) is 0 Å². The van der Waals surface area contributed by atoms with Crippen LogP contribution in [-0.2, 0) is 23.8 Å². The fourth-order valence-electron chi connectivity index (χ4n) is 1.76. The predicted octanol–water partition coefficient (Wildman–Crippen LogP) is -0.150. The van der Waals surface area contributed by atoms with Crippen molar-refractivity contribution in [2.75, 3.05) is 13.1 Å². The molecule has 0 spiro atoms. The quantitative estimate of drug-likeness (QED) is 0.801. The van der Waals surface area contributed by atoms with E-state index in [0.717, 1.165) is 18.4 Å². The molecule has 1 aliphatic rings. The van der Waals surface area contributed by atoms with Crippen LogP contribution in [0.15, 0.2) is 12.4 Å². The summed E-state index contributed by atoms with van der Waals surface area (Å²) >= 11 is 0. The van der Waals surface area contributed by atoms with Crippen molar-refractivity contribution in [3.63, 3.8) is 0 Å². The predicted molar refractivity (Wildman–Crippen MR) is 59.8 cm³/mol. The van der Waals surface area contributed by atoms with Gasteiger partial charge in [-0.2, -0.15) is 22.5 Å². The summed E-state index contributed by atoms with van der Waals surface area (Å²) in [7, 11) is -1.50. The second kappa shape index (κ2) is 4.52. The number of rotatable bonds is 4. The monoisotopic (exact) mass is 244 g/mol. The fraction of sp³-hybridized carbons (Fsp3) is 0.667. The molecule has 1 aliphatic heterocycles. The number of aryl methyl sites for hydroxylation is 1. The van der Waals surface area contributed by atoms with E-state index in [0.29, 0.717) is 19.6 Å². The Kier molecular flexibility index (Phi) is 3.27. The Morgan fingerprint density at radius 3 is 2.69 bits per heavy atom. The van der Waals surface area contributed by atoms with Crippen LogP contribution < -0.4 is 4.72 Å². The van der Waals surface area contributed by atoms with Crippen LogP contribution in [0.25, 0.3) is 0 Å². The third kappa shape index (κ3) is 2.60. The summed E-state index contributed by atoms with van der Waals surface area (Å²) in [6.45, 7) is 1.55. The topological polar surface area (TPSA) is 67.2 Å². The summed E-state index contributed by atoms with van der Waals surface area (Å²) in [6, 6.07) is 0. The molecule has 1 aromatic rings. The van der Waals surface area contributed by atoms with E-state index >= 15 is 0 Å². The smallest absolute Gasteiger partial charge is 0.275 e. The van der Waals surface area contributed by atoms with Gasteiger partial charge >= 0.3 is 0 Å². The Balaban J connectivity index is 1.94. The molecular weight excluding hydrogens is 228 g/mol. The minimum Gasteiger partial charge on any atom is -0.275 e. The van der Waals surface area contributed by atoms with Crippen LogP contribution in [-0.4, -0.2) is 35.6 Å². The number of aromatic nitrogens is 2. The zero-order valence-corrected chi connectivity index (χ0v) is 10.1. The van der Waals surface area contributed by atoms with E-state index in [4.69, 9.17) is 0 Å². The molecule has 7 heteroatoms. The number of nitrogens with one attached hydrogen (secondary N) is 1. The highest BCUT2D eigenvalue weighted by Gasteiger charge is 2.24. The lowest BCUT2D eigenvalue weighted by Gasteiger charge is -2.15. The van der Waals surface area contributed by atoms with Gasteiger partial charge in [0.15, 0.2) is 0 Å². The Labute approximate surface area is 95.4 Å². The maximum atomic E-state index is 11.8. The number of hydrogen-bond acceptors (Lipinski definition) is 3. The third-order valence-corrected chi connectivity index (χ3v) is 4.18. The Morgan fingerprint density at radius 2 is 2.12 bits per heavy atom. The summed E-state index contributed by atoms with van der Waals surface area (Å²) in [6.07, 6.45) is 5.36. The summed E-state index contributed by atoms with van der Waals surface area (Å²) in [4.78, 5) is 0. The average molecular weight is 244 g/mol. The van der Waals surface area contributed by atoms with Crippen LogP contribution in [0.5, 0.6) is 0 Å². The van der Waals surface area contributed by atoms with Crippen LogP contribution in [0.4, 0.5) is 0 Å². The maximum Gasteiger partial charge on any atom is 0.279 e. The van der Waals surface area contributed by atoms with E-state index in [1.807, 2.05) is 0 Å². The van der Waals surface area contributed by atoms with Crippen molar-refractivity contribution in [1.29, 1.82) is 0 Å². The first-order valence-corrected chi connectivity index (χ1v) is 6.74. The van der Waals surface area contributed by atoms with Crippen molar-refractivity contribution >= 4 is 10.2 Å². The third-order valence-electron chi connectivity index (χ3n) is 2.62. The molecule has 0 bridgehead atoms. The van der Waals surface area contributed by atoms with Gasteiger partial charge in [-0.15, -0.1) is 0 Å². The van der Waals surface area contributed by atoms with Gasteiger partial charge in [0.2, 0.25) is 0 Å². The van der Waals surface area contributed by atoms with Crippen molar-refractivity contribution in [2.24, 2.45) is 7.05 Å². The van der Waals surface area contributed by atoms with Crippen molar-refractivity contribution in [2.45, 2.75) is 19.4 Å². The summed E-state index contributed by atoms with van der Waals surface area (Å²) in [5.74, 6) is 0. The molecule has 2 heterocycles. The van der Waals surface area contributed by atoms with Gasteiger partial charge in [0.1, 0.15) is 0 Å². The molecule has 1 N–H and O–H groups in total. The molecule has 1 aromatic heterocycles. The maximum absolute atomic E-state index is 11.8. The lowest BCUT2D eigenvalue weighted by molar-refractivity contribution is 0.464. The number of nitrogens with zero attached hydrogens (tertiary/aromatic N) is 3. The second-order valence-electron chi connectivity index (χ2n) is 3.95. The molecule has 0 unspecified atom stereocenters. The number of hydrogen-bond donors (Lipinski definition) is 1. The van der Waals surface area contributed by atoms with Crippen molar-refractivity contribution in [3.05, 3.63) is 18.0 Å². The molecule has 1 saturated heterocycles. The first-order valence-electron chi connectivity index (χ1n) is 5.30. The highest BCUT2D eigenvalue weighted by Crippen LogP contribution is 2.11. The van der Waals surface area contributed by atoms with Gasteiger partial charge in [-0.05, 0) is 12.8 Å². The van der Waals surface area contributed by atoms with E-state index in [-0.39, 0.29) is 0 Å². The van der Waals surface area contributed by atoms with E-state index in [9.17, 15) is 8.42 Å². The molecule has 0 aliphatic carbocycles. The minimum atomic E-state index is -3.30. The molecule has 16 heavy (non-hydrogen) atoms. The van der Waals surface area contributed by atoms with Crippen molar-refractivity contribution in [1.82, 2.24) is 18.8 Å². The van der Waals surface area contributed by atoms with Gasteiger partial charge in [-0.3, -0.25) is 4.68 Å². The summed E-state index contributed by atoms with van der Waals surface area (Å²) in [5, 5.41) is 3.98. The van der Waals surface area contributed by atoms with Crippen LogP contribution in [0, 0.1) is 0 Å². The molecule has 6 nitrogen and oxygen atoms in total. The lowest BCUT2D eigenvalue weighted by atomic mass is 10.4. The standard InChI is InChI=1S/C9H16N4O2S/c1-12-8-9(6-10-12)7-11-16(14,15)13-4-2-3-5-13/h6,8,11H,2-5,7H2,1H3. The molecular formula is C9H16N4O2S. The van der Waals surface area contributed by atoms with E-state index in [2.05, 4.69) is 9.82 Å². The molecule has 2 rings (SSSR count). The van der Waals surface area contributed by atoms with Gasteiger partial charge in [0.25, 0.3) is 10.2 Å². The van der Waals surface area contributed by atoms with Gasteiger partial charge in [0.05, 0.1) is 6.20 Å². The lowest BCUT2D eigenvalue weighted by Crippen LogP contribution is -2.38. The first-order chi connectivity index (χ1) is 7.58. The highest BCUT2D eigenvalue weighted by atomic mass is 32.2. The highest BCUT2D eigenvalue weighted by molar-refractivity contribution is 7.87. The Hall–Kier alpha value is -0.920. The van der Waals surface area contributed by atoms with Crippen molar-refractivity contribution in [3.8, 4) is 0 Å². The zero-order chi connectivity index (χ0) is 11.6. The van der Waals surface area contributed by atoms with E-state index < -0.39 is 10.2 Å². The SMILES string of the molecule is Cn1cc(CNS(=O)(=O)N2CCCC2)cn1. The first kappa shape index (κ1) is 11.6. The molecule has 0 aromatic carbocycles. The second-order valence-corrected chi connectivity index (χ2v) is 5.71. The Bertz CT molecular complexity index is 448. The molecule has 1 fully saturated rings. The normalized spacial score (nSPS) is 18.1. The fourth-order valence-corrected chi connectivity index (χ4v) is 3.03.